The third-order valence-corrected chi connectivity index (χ3v) is 4.10. The summed E-state index contributed by atoms with van der Waals surface area (Å²) < 4.78 is 0. The van der Waals surface area contributed by atoms with Crippen molar-refractivity contribution >= 4 is 17.6 Å². The summed E-state index contributed by atoms with van der Waals surface area (Å²) in [5.41, 5.74) is 8.90. The number of rotatable bonds is 6. The zero-order valence-corrected chi connectivity index (χ0v) is 14.5. The van der Waals surface area contributed by atoms with Gasteiger partial charge in [0.15, 0.2) is 0 Å². The number of pyridine rings is 1. The van der Waals surface area contributed by atoms with Crippen LogP contribution in [0.2, 0.25) is 0 Å². The second kappa shape index (κ2) is 8.25. The molecule has 0 aliphatic carbocycles. The highest BCUT2D eigenvalue weighted by Crippen LogP contribution is 2.25. The van der Waals surface area contributed by atoms with Gasteiger partial charge in [0, 0.05) is 18.1 Å². The smallest absolute Gasteiger partial charge is 0.335 e. The molecule has 3 aromatic rings. The van der Waals surface area contributed by atoms with Gasteiger partial charge in [0.05, 0.1) is 11.6 Å². The van der Waals surface area contributed by atoms with Crippen LogP contribution in [0.25, 0.3) is 11.1 Å². The monoisotopic (exact) mass is 361 g/mol. The van der Waals surface area contributed by atoms with Gasteiger partial charge >= 0.3 is 5.97 Å². The van der Waals surface area contributed by atoms with Gasteiger partial charge in [0.1, 0.15) is 0 Å². The van der Waals surface area contributed by atoms with E-state index in [0.29, 0.717) is 17.7 Å². The highest BCUT2D eigenvalue weighted by atomic mass is 16.4. The lowest BCUT2D eigenvalue weighted by Crippen LogP contribution is -2.37. The first kappa shape index (κ1) is 18.3. The van der Waals surface area contributed by atoms with Crippen LogP contribution < -0.4 is 11.1 Å². The Morgan fingerprint density at radius 2 is 1.70 bits per heavy atom. The van der Waals surface area contributed by atoms with Gasteiger partial charge in [-0.05, 0) is 53.4 Å². The summed E-state index contributed by atoms with van der Waals surface area (Å²) in [5, 5.41) is 12.1. The van der Waals surface area contributed by atoms with Gasteiger partial charge in [-0.1, -0.05) is 30.3 Å². The van der Waals surface area contributed by atoms with Crippen molar-refractivity contribution in [2.75, 3.05) is 5.32 Å². The molecule has 27 heavy (non-hydrogen) atoms. The third-order valence-electron chi connectivity index (χ3n) is 4.10. The van der Waals surface area contributed by atoms with Gasteiger partial charge in [0.25, 0.3) is 0 Å². The summed E-state index contributed by atoms with van der Waals surface area (Å²) in [6.45, 7) is 0. The molecule has 0 fully saturated rings. The van der Waals surface area contributed by atoms with Crippen molar-refractivity contribution in [2.24, 2.45) is 5.73 Å². The van der Waals surface area contributed by atoms with Gasteiger partial charge in [-0.15, -0.1) is 0 Å². The lowest BCUT2D eigenvalue weighted by atomic mass is 10.0. The summed E-state index contributed by atoms with van der Waals surface area (Å²) in [4.78, 5) is 27.9. The van der Waals surface area contributed by atoms with Crippen LogP contribution in [0, 0.1) is 0 Å². The highest BCUT2D eigenvalue weighted by molar-refractivity contribution is 5.98. The number of anilines is 1. The van der Waals surface area contributed by atoms with Crippen LogP contribution in [-0.2, 0) is 11.2 Å². The Bertz CT molecular complexity index is 943. The van der Waals surface area contributed by atoms with Crippen LogP contribution in [0.4, 0.5) is 5.69 Å². The van der Waals surface area contributed by atoms with Gasteiger partial charge in [-0.25, -0.2) is 4.79 Å². The molecule has 6 nitrogen and oxygen atoms in total. The minimum Gasteiger partial charge on any atom is -0.478 e. The maximum absolute atomic E-state index is 12.5. The number of nitrogens with zero attached hydrogens (tertiary/aromatic N) is 1. The van der Waals surface area contributed by atoms with Crippen LogP contribution in [0.1, 0.15) is 15.9 Å². The average Bonchev–Trinajstić information content (AvgIpc) is 2.69. The van der Waals surface area contributed by atoms with E-state index in [4.69, 9.17) is 5.73 Å². The first-order chi connectivity index (χ1) is 13.0. The maximum Gasteiger partial charge on any atom is 0.335 e. The minimum atomic E-state index is -1.07. The molecule has 1 amide bonds. The van der Waals surface area contributed by atoms with E-state index in [1.807, 2.05) is 30.3 Å². The molecule has 1 unspecified atom stereocenters. The first-order valence-corrected chi connectivity index (χ1v) is 8.42. The number of benzene rings is 2. The van der Waals surface area contributed by atoms with Crippen molar-refractivity contribution in [1.29, 1.82) is 0 Å². The number of carboxylic acid groups (broad SMARTS) is 1. The van der Waals surface area contributed by atoms with Gasteiger partial charge < -0.3 is 16.2 Å². The van der Waals surface area contributed by atoms with Crippen molar-refractivity contribution in [3.8, 4) is 11.1 Å². The predicted octanol–water partition coefficient (Wildman–Crippen LogP) is 2.96. The van der Waals surface area contributed by atoms with Crippen LogP contribution in [0.5, 0.6) is 0 Å². The molecule has 0 spiro atoms. The minimum absolute atomic E-state index is 0.0799. The van der Waals surface area contributed by atoms with Gasteiger partial charge in [-0.3, -0.25) is 9.78 Å². The van der Waals surface area contributed by atoms with Crippen molar-refractivity contribution in [3.05, 3.63) is 84.2 Å². The number of aromatic nitrogens is 1. The molecule has 0 bridgehead atoms. The fraction of sp³-hybridized carbons (Fsp3) is 0.0952. The van der Waals surface area contributed by atoms with Gasteiger partial charge in [-0.2, -0.15) is 0 Å². The van der Waals surface area contributed by atoms with Gasteiger partial charge in [0.2, 0.25) is 5.91 Å². The van der Waals surface area contributed by atoms with Crippen LogP contribution >= 0.6 is 0 Å². The second-order valence-corrected chi connectivity index (χ2v) is 6.13. The maximum atomic E-state index is 12.5. The third kappa shape index (κ3) is 4.77. The molecule has 0 aliphatic heterocycles. The van der Waals surface area contributed by atoms with Crippen molar-refractivity contribution < 1.29 is 14.7 Å². The fourth-order valence-electron chi connectivity index (χ4n) is 2.73. The number of carbonyl (C=O) groups is 2. The molecule has 4 N–H and O–H groups in total. The number of carboxylic acids is 1. The SMILES string of the molecule is NC(Cc1ccccc1)C(=O)Nc1cc(C(=O)O)cc(-c2ccncc2)c1. The number of nitrogens with two attached hydrogens (primary N) is 1. The molecule has 3 rings (SSSR count). The van der Waals surface area contributed by atoms with E-state index in [1.165, 1.54) is 6.07 Å². The summed E-state index contributed by atoms with van der Waals surface area (Å²) in [7, 11) is 0. The lowest BCUT2D eigenvalue weighted by molar-refractivity contribution is -0.117. The molecule has 136 valence electrons. The van der Waals surface area contributed by atoms with E-state index in [1.54, 1.807) is 36.7 Å². The number of carbonyl (C=O) groups excluding carboxylic acids is 1. The molecule has 6 heteroatoms. The molecule has 0 radical (unpaired) electrons. The Morgan fingerprint density at radius 3 is 2.37 bits per heavy atom. The Hall–Kier alpha value is -3.51. The number of hydrogen-bond acceptors (Lipinski definition) is 4. The largest absolute Gasteiger partial charge is 0.478 e. The molecule has 0 saturated heterocycles. The Kier molecular flexibility index (Phi) is 5.58. The summed E-state index contributed by atoms with van der Waals surface area (Å²) in [6, 6.07) is 17.0. The topological polar surface area (TPSA) is 105 Å². The zero-order chi connectivity index (χ0) is 19.2. The number of nitrogens with one attached hydrogen (secondary N) is 1. The molecule has 0 saturated carbocycles. The number of hydrogen-bond donors (Lipinski definition) is 3. The molecule has 1 heterocycles. The van der Waals surface area contributed by atoms with Crippen molar-refractivity contribution in [1.82, 2.24) is 4.98 Å². The Morgan fingerprint density at radius 1 is 1.00 bits per heavy atom. The van der Waals surface area contributed by atoms with E-state index in [0.717, 1.165) is 11.1 Å². The molecular formula is C21H19N3O3. The van der Waals surface area contributed by atoms with E-state index in [2.05, 4.69) is 10.3 Å². The molecular weight excluding hydrogens is 342 g/mol. The highest BCUT2D eigenvalue weighted by Gasteiger charge is 2.16. The van der Waals surface area contributed by atoms with E-state index in [9.17, 15) is 14.7 Å². The summed E-state index contributed by atoms with van der Waals surface area (Å²) >= 11 is 0. The molecule has 1 aromatic heterocycles. The van der Waals surface area contributed by atoms with Crippen LogP contribution in [-0.4, -0.2) is 28.0 Å². The van der Waals surface area contributed by atoms with E-state index >= 15 is 0 Å². The van der Waals surface area contributed by atoms with E-state index in [-0.39, 0.29) is 11.5 Å². The van der Waals surface area contributed by atoms with Crippen LogP contribution in [0.15, 0.2) is 73.1 Å². The average molecular weight is 361 g/mol. The summed E-state index contributed by atoms with van der Waals surface area (Å²) in [6.07, 6.45) is 3.64. The first-order valence-electron chi connectivity index (χ1n) is 8.42. The van der Waals surface area contributed by atoms with E-state index < -0.39 is 12.0 Å². The fourth-order valence-corrected chi connectivity index (χ4v) is 2.73. The Labute approximate surface area is 156 Å². The molecule has 2 aromatic carbocycles. The van der Waals surface area contributed by atoms with Crippen molar-refractivity contribution in [3.63, 3.8) is 0 Å². The summed E-state index contributed by atoms with van der Waals surface area (Å²) in [5.74, 6) is -1.45. The zero-order valence-electron chi connectivity index (χ0n) is 14.5. The molecule has 0 aliphatic rings. The quantitative estimate of drug-likeness (QED) is 0.626. The standard InChI is InChI=1S/C21H19N3O3/c22-19(10-14-4-2-1-3-5-14)20(25)24-18-12-16(11-17(13-18)21(26)27)15-6-8-23-9-7-15/h1-9,11-13,19H,10,22H2,(H,24,25)(H,26,27). The van der Waals surface area contributed by atoms with Crippen LogP contribution in [0.3, 0.4) is 0 Å². The normalized spacial score (nSPS) is 11.6. The second-order valence-electron chi connectivity index (χ2n) is 6.13. The Balaban J connectivity index is 1.82. The van der Waals surface area contributed by atoms with Crippen molar-refractivity contribution in [2.45, 2.75) is 12.5 Å². The predicted molar refractivity (Wildman–Crippen MR) is 103 cm³/mol. The molecule has 1 atom stereocenters. The number of amides is 1. The lowest BCUT2D eigenvalue weighted by Gasteiger charge is -2.14. The number of aromatic carboxylic acids is 1.